The molecule has 0 amide bonds. The second-order valence-corrected chi connectivity index (χ2v) is 5.14. The van der Waals surface area contributed by atoms with Crippen molar-refractivity contribution in [3.05, 3.63) is 23.8 Å². The number of methoxy groups -OCH3 is 2. The Morgan fingerprint density at radius 1 is 1.11 bits per heavy atom. The van der Waals surface area contributed by atoms with Crippen LogP contribution in [0.15, 0.2) is 18.2 Å². The third kappa shape index (κ3) is 2.61. The van der Waals surface area contributed by atoms with E-state index in [0.717, 1.165) is 24.5 Å². The molecule has 0 radical (unpaired) electrons. The molecule has 1 aromatic rings. The molecule has 0 aliphatic carbocycles. The maximum Gasteiger partial charge on any atom is 0.127 e. The van der Waals surface area contributed by atoms with E-state index in [2.05, 4.69) is 18.3 Å². The van der Waals surface area contributed by atoms with Gasteiger partial charge in [-0.2, -0.15) is 0 Å². The zero-order chi connectivity index (χ0) is 13.0. The van der Waals surface area contributed by atoms with Crippen LogP contribution in [0.5, 0.6) is 11.5 Å². The highest BCUT2D eigenvalue weighted by Crippen LogP contribution is 2.37. The lowest BCUT2D eigenvalue weighted by Gasteiger charge is -2.31. The molecule has 1 atom stereocenters. The van der Waals surface area contributed by atoms with Gasteiger partial charge in [-0.15, -0.1) is 0 Å². The lowest BCUT2D eigenvalue weighted by molar-refractivity contribution is 0.329. The number of ether oxygens (including phenoxy) is 2. The summed E-state index contributed by atoms with van der Waals surface area (Å²) >= 11 is 0. The molecule has 3 nitrogen and oxygen atoms in total. The second-order valence-electron chi connectivity index (χ2n) is 5.14. The molecule has 3 heteroatoms. The molecular weight excluding hydrogens is 226 g/mol. The highest BCUT2D eigenvalue weighted by atomic mass is 16.5. The van der Waals surface area contributed by atoms with E-state index in [9.17, 15) is 0 Å². The van der Waals surface area contributed by atoms with Crippen molar-refractivity contribution in [2.45, 2.75) is 38.1 Å². The fourth-order valence-electron chi connectivity index (χ4n) is 2.72. The van der Waals surface area contributed by atoms with Crippen LogP contribution in [0.1, 0.15) is 38.2 Å². The SMILES string of the molecule is COc1ccc(C2(C)CCCCCN2)c(OC)c1. The molecule has 0 spiro atoms. The van der Waals surface area contributed by atoms with E-state index < -0.39 is 0 Å². The summed E-state index contributed by atoms with van der Waals surface area (Å²) in [5.41, 5.74) is 1.24. The Balaban J connectivity index is 2.35. The monoisotopic (exact) mass is 249 g/mol. The number of rotatable bonds is 3. The van der Waals surface area contributed by atoms with Crippen molar-refractivity contribution in [2.24, 2.45) is 0 Å². The van der Waals surface area contributed by atoms with Crippen molar-refractivity contribution in [3.63, 3.8) is 0 Å². The number of nitrogens with one attached hydrogen (secondary N) is 1. The smallest absolute Gasteiger partial charge is 0.127 e. The Hall–Kier alpha value is -1.22. The Kier molecular flexibility index (Phi) is 4.12. The summed E-state index contributed by atoms with van der Waals surface area (Å²) in [6, 6.07) is 6.10. The van der Waals surface area contributed by atoms with Gasteiger partial charge in [0.2, 0.25) is 0 Å². The molecule has 1 aliphatic heterocycles. The molecule has 0 aromatic heterocycles. The molecule has 1 fully saturated rings. The van der Waals surface area contributed by atoms with Gasteiger partial charge in [-0.1, -0.05) is 12.8 Å². The number of hydrogen-bond acceptors (Lipinski definition) is 3. The van der Waals surface area contributed by atoms with Crippen molar-refractivity contribution in [1.29, 1.82) is 0 Å². The van der Waals surface area contributed by atoms with Gasteiger partial charge in [0, 0.05) is 17.2 Å². The molecule has 18 heavy (non-hydrogen) atoms. The van der Waals surface area contributed by atoms with E-state index in [-0.39, 0.29) is 5.54 Å². The molecular formula is C15H23NO2. The third-order valence-electron chi connectivity index (χ3n) is 3.87. The van der Waals surface area contributed by atoms with Crippen LogP contribution in [0.25, 0.3) is 0 Å². The van der Waals surface area contributed by atoms with E-state index in [0.29, 0.717) is 0 Å². The molecule has 1 saturated heterocycles. The summed E-state index contributed by atoms with van der Waals surface area (Å²) in [4.78, 5) is 0. The Morgan fingerprint density at radius 2 is 1.94 bits per heavy atom. The quantitative estimate of drug-likeness (QED) is 0.893. The minimum atomic E-state index is 0.00805. The average molecular weight is 249 g/mol. The van der Waals surface area contributed by atoms with E-state index in [1.54, 1.807) is 14.2 Å². The summed E-state index contributed by atoms with van der Waals surface area (Å²) < 4.78 is 10.8. The first-order valence-corrected chi connectivity index (χ1v) is 6.67. The van der Waals surface area contributed by atoms with Crippen LogP contribution < -0.4 is 14.8 Å². The normalized spacial score (nSPS) is 24.4. The van der Waals surface area contributed by atoms with Gasteiger partial charge < -0.3 is 14.8 Å². The van der Waals surface area contributed by atoms with Gasteiger partial charge in [-0.25, -0.2) is 0 Å². The molecule has 1 unspecified atom stereocenters. The minimum absolute atomic E-state index is 0.00805. The topological polar surface area (TPSA) is 30.5 Å². The Bertz CT molecular complexity index is 395. The molecule has 100 valence electrons. The predicted molar refractivity (Wildman–Crippen MR) is 73.4 cm³/mol. The summed E-state index contributed by atoms with van der Waals surface area (Å²) in [6.07, 6.45) is 4.98. The summed E-state index contributed by atoms with van der Waals surface area (Å²) in [7, 11) is 3.40. The van der Waals surface area contributed by atoms with Crippen molar-refractivity contribution < 1.29 is 9.47 Å². The van der Waals surface area contributed by atoms with Gasteiger partial charge in [0.05, 0.1) is 14.2 Å². The fraction of sp³-hybridized carbons (Fsp3) is 0.600. The van der Waals surface area contributed by atoms with Crippen LogP contribution >= 0.6 is 0 Å². The van der Waals surface area contributed by atoms with Gasteiger partial charge in [0.1, 0.15) is 11.5 Å². The Morgan fingerprint density at radius 3 is 2.67 bits per heavy atom. The van der Waals surface area contributed by atoms with Crippen molar-refractivity contribution in [1.82, 2.24) is 5.32 Å². The number of hydrogen-bond donors (Lipinski definition) is 1. The summed E-state index contributed by atoms with van der Waals surface area (Å²) in [6.45, 7) is 3.34. The zero-order valence-electron chi connectivity index (χ0n) is 11.6. The first-order chi connectivity index (χ1) is 8.69. The lowest BCUT2D eigenvalue weighted by Crippen LogP contribution is -2.39. The predicted octanol–water partition coefficient (Wildman–Crippen LogP) is 3.08. The molecule has 1 aliphatic rings. The summed E-state index contributed by atoms with van der Waals surface area (Å²) in [5.74, 6) is 1.75. The standard InChI is InChI=1S/C15H23NO2/c1-15(9-5-4-6-10-16-15)13-8-7-12(17-2)11-14(13)18-3/h7-8,11,16H,4-6,9-10H2,1-3H3. The van der Waals surface area contributed by atoms with Crippen LogP contribution in [-0.2, 0) is 5.54 Å². The molecule has 1 heterocycles. The first-order valence-electron chi connectivity index (χ1n) is 6.67. The highest BCUT2D eigenvalue weighted by Gasteiger charge is 2.30. The molecule has 1 N–H and O–H groups in total. The zero-order valence-corrected chi connectivity index (χ0v) is 11.6. The van der Waals surface area contributed by atoms with E-state index in [1.165, 1.54) is 24.8 Å². The average Bonchev–Trinajstić information content (AvgIpc) is 2.63. The molecule has 0 saturated carbocycles. The van der Waals surface area contributed by atoms with Crippen LogP contribution in [-0.4, -0.2) is 20.8 Å². The van der Waals surface area contributed by atoms with Crippen molar-refractivity contribution in [2.75, 3.05) is 20.8 Å². The van der Waals surface area contributed by atoms with E-state index in [1.807, 2.05) is 12.1 Å². The van der Waals surface area contributed by atoms with Gasteiger partial charge in [0.25, 0.3) is 0 Å². The molecule has 0 bridgehead atoms. The Labute approximate surface area is 109 Å². The van der Waals surface area contributed by atoms with Crippen LogP contribution in [0, 0.1) is 0 Å². The van der Waals surface area contributed by atoms with Crippen molar-refractivity contribution >= 4 is 0 Å². The summed E-state index contributed by atoms with van der Waals surface area (Å²) in [5, 5.41) is 3.67. The van der Waals surface area contributed by atoms with E-state index >= 15 is 0 Å². The van der Waals surface area contributed by atoms with E-state index in [4.69, 9.17) is 9.47 Å². The first kappa shape index (κ1) is 13.2. The third-order valence-corrected chi connectivity index (χ3v) is 3.87. The van der Waals surface area contributed by atoms with Crippen LogP contribution in [0.4, 0.5) is 0 Å². The fourth-order valence-corrected chi connectivity index (χ4v) is 2.72. The maximum atomic E-state index is 5.53. The lowest BCUT2D eigenvalue weighted by atomic mass is 9.87. The molecule has 2 rings (SSSR count). The minimum Gasteiger partial charge on any atom is -0.497 e. The van der Waals surface area contributed by atoms with Gasteiger partial charge >= 0.3 is 0 Å². The van der Waals surface area contributed by atoms with Gasteiger partial charge in [0.15, 0.2) is 0 Å². The molecule has 1 aromatic carbocycles. The van der Waals surface area contributed by atoms with Gasteiger partial charge in [-0.3, -0.25) is 0 Å². The van der Waals surface area contributed by atoms with Crippen LogP contribution in [0.3, 0.4) is 0 Å². The maximum absolute atomic E-state index is 5.53. The second kappa shape index (κ2) is 5.61. The van der Waals surface area contributed by atoms with Crippen molar-refractivity contribution in [3.8, 4) is 11.5 Å². The highest BCUT2D eigenvalue weighted by molar-refractivity contribution is 5.44. The van der Waals surface area contributed by atoms with Crippen LogP contribution in [0.2, 0.25) is 0 Å². The largest absolute Gasteiger partial charge is 0.497 e. The number of benzene rings is 1. The van der Waals surface area contributed by atoms with Gasteiger partial charge in [-0.05, 0) is 38.4 Å².